The van der Waals surface area contributed by atoms with E-state index in [1.165, 1.54) is 0 Å². The third-order valence-corrected chi connectivity index (χ3v) is 7.95. The third-order valence-electron chi connectivity index (χ3n) is 7.95. The van der Waals surface area contributed by atoms with Crippen LogP contribution in [0, 0.1) is 0 Å². The summed E-state index contributed by atoms with van der Waals surface area (Å²) < 4.78 is 10.5. The van der Waals surface area contributed by atoms with E-state index in [1.807, 2.05) is 12.2 Å². The van der Waals surface area contributed by atoms with Gasteiger partial charge in [-0.2, -0.15) is 0 Å². The molecule has 54 heavy (non-hydrogen) atoms. The molecule has 5 nitrogen and oxygen atoms in total. The van der Waals surface area contributed by atoms with E-state index in [-0.39, 0.29) is 31.6 Å². The van der Waals surface area contributed by atoms with Gasteiger partial charge < -0.3 is 14.6 Å². The van der Waals surface area contributed by atoms with Gasteiger partial charge in [0.05, 0.1) is 6.61 Å². The zero-order valence-corrected chi connectivity index (χ0v) is 33.9. The smallest absolute Gasteiger partial charge is 0.306 e. The molecule has 0 aliphatic rings. The Morgan fingerprint density at radius 1 is 0.426 bits per heavy atom. The molecule has 0 aliphatic carbocycles. The van der Waals surface area contributed by atoms with E-state index in [0.717, 1.165) is 109 Å². The van der Waals surface area contributed by atoms with Gasteiger partial charge in [0.25, 0.3) is 0 Å². The number of carbonyl (C=O) groups excluding carboxylic acids is 2. The van der Waals surface area contributed by atoms with Crippen molar-refractivity contribution in [1.29, 1.82) is 0 Å². The highest BCUT2D eigenvalue weighted by Gasteiger charge is 2.15. The Balaban J connectivity index is 3.74. The average Bonchev–Trinajstić information content (AvgIpc) is 3.17. The Morgan fingerprint density at radius 2 is 0.778 bits per heavy atom. The summed E-state index contributed by atoms with van der Waals surface area (Å²) in [5, 5.41) is 9.55. The maximum atomic E-state index is 12.2. The molecule has 0 aromatic rings. The van der Waals surface area contributed by atoms with Crippen molar-refractivity contribution in [2.45, 2.75) is 148 Å². The summed E-state index contributed by atoms with van der Waals surface area (Å²) in [6, 6.07) is 0. The topological polar surface area (TPSA) is 72.8 Å². The summed E-state index contributed by atoms with van der Waals surface area (Å²) in [5.74, 6) is -0.724. The van der Waals surface area contributed by atoms with Gasteiger partial charge in [0.1, 0.15) is 6.61 Å². The first-order chi connectivity index (χ1) is 26.6. The lowest BCUT2D eigenvalue weighted by Gasteiger charge is -2.15. The number of aliphatic hydroxyl groups excluding tert-OH is 1. The largest absolute Gasteiger partial charge is 0.462 e. The van der Waals surface area contributed by atoms with Gasteiger partial charge >= 0.3 is 11.9 Å². The molecule has 0 aromatic heterocycles. The summed E-state index contributed by atoms with van der Waals surface area (Å²) in [6.45, 7) is 3.79. The first kappa shape index (κ1) is 50.0. The molecule has 0 rings (SSSR count). The van der Waals surface area contributed by atoms with Gasteiger partial charge in [0.2, 0.25) is 0 Å². The SMILES string of the molecule is CC/C=C\C/C=C\C/C=C\C/C=C\C/C=C\C/C=C\C/C=C\CCCCCCCC(=O)OC(CO)COC(=O)CC/C=C\C/C=C\C/C=C\C/C=C\CC. The summed E-state index contributed by atoms with van der Waals surface area (Å²) >= 11 is 0. The van der Waals surface area contributed by atoms with Gasteiger partial charge in [-0.25, -0.2) is 0 Å². The minimum absolute atomic E-state index is 0.122. The lowest BCUT2D eigenvalue weighted by Crippen LogP contribution is -2.28. The van der Waals surface area contributed by atoms with Gasteiger partial charge in [0.15, 0.2) is 6.10 Å². The number of esters is 2. The zero-order chi connectivity index (χ0) is 39.3. The van der Waals surface area contributed by atoms with Crippen LogP contribution in [-0.4, -0.2) is 36.4 Å². The number of ether oxygens (including phenoxy) is 2. The highest BCUT2D eigenvalue weighted by Crippen LogP contribution is 2.10. The first-order valence-electron chi connectivity index (χ1n) is 20.7. The van der Waals surface area contributed by atoms with Crippen LogP contribution in [-0.2, 0) is 19.1 Å². The minimum atomic E-state index is -0.821. The molecule has 1 atom stereocenters. The molecular weight excluding hydrogens is 669 g/mol. The normalized spacial score (nSPS) is 13.6. The predicted octanol–water partition coefficient (Wildman–Crippen LogP) is 13.4. The highest BCUT2D eigenvalue weighted by molar-refractivity contribution is 5.70. The number of carbonyl (C=O) groups is 2. The standard InChI is InChI=1S/C49H74O5/c1-3-5-7-9-11-13-15-17-18-19-20-21-22-23-24-25-26-27-28-29-30-32-34-36-38-40-42-44-49(52)54-47(45-50)46-53-48(51)43-41-39-37-35-33-31-16-14-12-10-8-6-4-2/h5-8,11-14,17-18,20-21,23-24,26-27,29-31,33,37,39,47,50H,3-4,9-10,15-16,19,22,25,28,32,34-36,38,40-46H2,1-2H3/b7-5-,8-6-,13-11-,14-12-,18-17-,21-20-,24-23-,27-26-,30-29-,33-31-,39-37-. The molecule has 0 aromatic carbocycles. The second-order valence-electron chi connectivity index (χ2n) is 12.9. The quantitative estimate of drug-likeness (QED) is 0.0398. The van der Waals surface area contributed by atoms with Crippen molar-refractivity contribution in [1.82, 2.24) is 0 Å². The van der Waals surface area contributed by atoms with Crippen molar-refractivity contribution < 1.29 is 24.2 Å². The molecule has 0 bridgehead atoms. The van der Waals surface area contributed by atoms with E-state index in [0.29, 0.717) is 12.8 Å². The maximum absolute atomic E-state index is 12.2. The van der Waals surface area contributed by atoms with Crippen LogP contribution >= 0.6 is 0 Å². The molecule has 0 fully saturated rings. The van der Waals surface area contributed by atoms with Crippen molar-refractivity contribution in [3.63, 3.8) is 0 Å². The Labute approximate surface area is 330 Å². The maximum Gasteiger partial charge on any atom is 0.306 e. The molecule has 0 aliphatic heterocycles. The van der Waals surface area contributed by atoms with Crippen LogP contribution in [0.15, 0.2) is 134 Å². The second-order valence-corrected chi connectivity index (χ2v) is 12.9. The number of hydrogen-bond donors (Lipinski definition) is 1. The van der Waals surface area contributed by atoms with Crippen LogP contribution in [0.4, 0.5) is 0 Å². The first-order valence-corrected chi connectivity index (χ1v) is 20.7. The van der Waals surface area contributed by atoms with Crippen LogP contribution in [0.25, 0.3) is 0 Å². The fourth-order valence-corrected chi connectivity index (χ4v) is 4.90. The highest BCUT2D eigenvalue weighted by atomic mass is 16.6. The molecule has 5 heteroatoms. The monoisotopic (exact) mass is 743 g/mol. The number of hydrogen-bond acceptors (Lipinski definition) is 5. The van der Waals surface area contributed by atoms with Crippen LogP contribution in [0.3, 0.4) is 0 Å². The molecule has 0 radical (unpaired) electrons. The van der Waals surface area contributed by atoms with Gasteiger partial charge in [-0.05, 0) is 96.3 Å². The lowest BCUT2D eigenvalue weighted by atomic mass is 10.1. The van der Waals surface area contributed by atoms with Gasteiger partial charge in [-0.3, -0.25) is 9.59 Å². The molecule has 0 amide bonds. The van der Waals surface area contributed by atoms with Crippen molar-refractivity contribution in [3.8, 4) is 0 Å². The van der Waals surface area contributed by atoms with Gasteiger partial charge in [-0.15, -0.1) is 0 Å². The van der Waals surface area contributed by atoms with Gasteiger partial charge in [-0.1, -0.05) is 167 Å². The van der Waals surface area contributed by atoms with E-state index < -0.39 is 6.10 Å². The second kappa shape index (κ2) is 43.4. The summed E-state index contributed by atoms with van der Waals surface area (Å²) in [7, 11) is 0. The molecule has 0 spiro atoms. The number of aliphatic hydroxyl groups is 1. The number of rotatable bonds is 35. The summed E-state index contributed by atoms with van der Waals surface area (Å²) in [4.78, 5) is 24.2. The molecule has 0 saturated heterocycles. The van der Waals surface area contributed by atoms with E-state index in [9.17, 15) is 14.7 Å². The number of unbranched alkanes of at least 4 members (excludes halogenated alkanes) is 5. The molecule has 0 heterocycles. The summed E-state index contributed by atoms with van der Waals surface area (Å²) in [5.41, 5.74) is 0. The Bertz CT molecular complexity index is 1200. The minimum Gasteiger partial charge on any atom is -0.462 e. The van der Waals surface area contributed by atoms with E-state index >= 15 is 0 Å². The average molecular weight is 743 g/mol. The molecule has 1 unspecified atom stereocenters. The van der Waals surface area contributed by atoms with Crippen molar-refractivity contribution in [3.05, 3.63) is 134 Å². The number of allylic oxidation sites excluding steroid dienone is 22. The predicted molar refractivity (Wildman–Crippen MR) is 232 cm³/mol. The molecular formula is C49H74O5. The Morgan fingerprint density at radius 3 is 1.19 bits per heavy atom. The van der Waals surface area contributed by atoms with Crippen molar-refractivity contribution >= 4 is 11.9 Å². The molecule has 1 N–H and O–H groups in total. The third kappa shape index (κ3) is 40.8. The fraction of sp³-hybridized carbons (Fsp3) is 0.510. The van der Waals surface area contributed by atoms with E-state index in [4.69, 9.17) is 9.47 Å². The van der Waals surface area contributed by atoms with Crippen LogP contribution < -0.4 is 0 Å². The Kier molecular flexibility index (Phi) is 40.3. The van der Waals surface area contributed by atoms with Crippen LogP contribution in [0.1, 0.15) is 142 Å². The van der Waals surface area contributed by atoms with Crippen molar-refractivity contribution in [2.75, 3.05) is 13.2 Å². The fourth-order valence-electron chi connectivity index (χ4n) is 4.90. The lowest BCUT2D eigenvalue weighted by molar-refractivity contribution is -0.161. The van der Waals surface area contributed by atoms with Crippen molar-refractivity contribution in [2.24, 2.45) is 0 Å². The molecule has 300 valence electrons. The zero-order valence-electron chi connectivity index (χ0n) is 33.9. The van der Waals surface area contributed by atoms with Gasteiger partial charge in [0, 0.05) is 12.8 Å². The van der Waals surface area contributed by atoms with Crippen LogP contribution in [0.2, 0.25) is 0 Å². The van der Waals surface area contributed by atoms with E-state index in [1.54, 1.807) is 0 Å². The van der Waals surface area contributed by atoms with Crippen LogP contribution in [0.5, 0.6) is 0 Å². The molecule has 0 saturated carbocycles. The Hall–Kier alpha value is -3.96. The summed E-state index contributed by atoms with van der Waals surface area (Å²) in [6.07, 6.45) is 65.3. The van der Waals surface area contributed by atoms with E-state index in [2.05, 4.69) is 135 Å².